The second-order valence-corrected chi connectivity index (χ2v) is 7.52. The van der Waals surface area contributed by atoms with Gasteiger partial charge in [0.2, 0.25) is 0 Å². The molecule has 2 aromatic carbocycles. The summed E-state index contributed by atoms with van der Waals surface area (Å²) in [5.74, 6) is 1.95. The summed E-state index contributed by atoms with van der Waals surface area (Å²) in [7, 11) is 1.98. The molecule has 144 valence electrons. The highest BCUT2D eigenvalue weighted by atomic mass is 19.4. The van der Waals surface area contributed by atoms with Crippen LogP contribution in [0.25, 0.3) is 22.3 Å². The first kappa shape index (κ1) is 17.4. The maximum atomic E-state index is 13.5. The minimum Gasteiger partial charge on any atom is -0.355 e. The first-order valence-corrected chi connectivity index (χ1v) is 9.32. The van der Waals surface area contributed by atoms with E-state index >= 15 is 0 Å². The van der Waals surface area contributed by atoms with Gasteiger partial charge < -0.3 is 10.2 Å². The van der Waals surface area contributed by atoms with E-state index in [9.17, 15) is 13.2 Å². The molecule has 5 rings (SSSR count). The van der Waals surface area contributed by atoms with Gasteiger partial charge in [-0.1, -0.05) is 30.3 Å². The summed E-state index contributed by atoms with van der Waals surface area (Å²) in [5.41, 5.74) is -0.0605. The van der Waals surface area contributed by atoms with Crippen molar-refractivity contribution in [1.29, 1.82) is 0 Å². The molecule has 1 aromatic heterocycles. The van der Waals surface area contributed by atoms with Gasteiger partial charge in [-0.05, 0) is 30.0 Å². The Labute approximate surface area is 160 Å². The second kappa shape index (κ2) is 6.17. The minimum atomic E-state index is -4.46. The second-order valence-electron chi connectivity index (χ2n) is 7.52. The van der Waals surface area contributed by atoms with Crippen LogP contribution in [0.2, 0.25) is 0 Å². The highest BCUT2D eigenvalue weighted by Crippen LogP contribution is 2.47. The number of para-hydroxylation sites is 1. The number of piperidine rings is 1. The quantitative estimate of drug-likeness (QED) is 0.742. The zero-order chi connectivity index (χ0) is 19.5. The van der Waals surface area contributed by atoms with Crippen molar-refractivity contribution in [2.45, 2.75) is 12.2 Å². The highest BCUT2D eigenvalue weighted by Gasteiger charge is 2.55. The molecule has 0 bridgehead atoms. The number of nitrogens with one attached hydrogen (secondary N) is 1. The van der Waals surface area contributed by atoms with Gasteiger partial charge in [-0.15, -0.1) is 0 Å². The Morgan fingerprint density at radius 3 is 2.39 bits per heavy atom. The summed E-state index contributed by atoms with van der Waals surface area (Å²) < 4.78 is 40.6. The molecule has 1 unspecified atom stereocenters. The Morgan fingerprint density at radius 2 is 1.64 bits per heavy atom. The summed E-state index contributed by atoms with van der Waals surface area (Å²) >= 11 is 0. The molecule has 28 heavy (non-hydrogen) atoms. The molecule has 1 saturated heterocycles. The lowest BCUT2D eigenvalue weighted by Crippen LogP contribution is -2.30. The molecule has 1 aliphatic heterocycles. The van der Waals surface area contributed by atoms with Crippen molar-refractivity contribution in [2.75, 3.05) is 25.0 Å². The molecule has 1 saturated carbocycles. The maximum absolute atomic E-state index is 13.5. The fourth-order valence-electron chi connectivity index (χ4n) is 4.48. The van der Waals surface area contributed by atoms with Gasteiger partial charge in [0.05, 0.1) is 11.1 Å². The van der Waals surface area contributed by atoms with E-state index in [0.717, 1.165) is 24.5 Å². The van der Waals surface area contributed by atoms with Crippen LogP contribution in [-0.2, 0) is 6.18 Å². The van der Waals surface area contributed by atoms with Gasteiger partial charge in [-0.3, -0.25) is 0 Å². The Kier molecular flexibility index (Phi) is 3.84. The first-order chi connectivity index (χ1) is 13.4. The molecule has 2 heterocycles. The smallest absolute Gasteiger partial charge is 0.355 e. The number of benzene rings is 2. The molecular formula is C21H19F3N4. The predicted octanol–water partition coefficient (Wildman–Crippen LogP) is 3.97. The van der Waals surface area contributed by atoms with Crippen molar-refractivity contribution in [3.05, 3.63) is 54.1 Å². The number of nitrogens with zero attached hydrogens (tertiary/aromatic N) is 3. The number of hydrogen-bond acceptors (Lipinski definition) is 4. The molecule has 1 N–H and O–H groups in total. The molecule has 0 spiro atoms. The largest absolute Gasteiger partial charge is 0.417 e. The van der Waals surface area contributed by atoms with Crippen LogP contribution in [0.15, 0.2) is 48.5 Å². The molecule has 1 aliphatic carbocycles. The van der Waals surface area contributed by atoms with Gasteiger partial charge in [-0.25, -0.2) is 9.97 Å². The maximum Gasteiger partial charge on any atom is 0.417 e. The molecular weight excluding hydrogens is 365 g/mol. The van der Waals surface area contributed by atoms with E-state index in [2.05, 4.69) is 20.2 Å². The van der Waals surface area contributed by atoms with Crippen molar-refractivity contribution in [3.63, 3.8) is 0 Å². The minimum absolute atomic E-state index is 0.00746. The lowest BCUT2D eigenvalue weighted by atomic mass is 10.1. The monoisotopic (exact) mass is 384 g/mol. The van der Waals surface area contributed by atoms with E-state index in [1.165, 1.54) is 12.1 Å². The average molecular weight is 384 g/mol. The van der Waals surface area contributed by atoms with E-state index in [1.54, 1.807) is 6.07 Å². The van der Waals surface area contributed by atoms with E-state index in [1.807, 2.05) is 31.3 Å². The van der Waals surface area contributed by atoms with Crippen molar-refractivity contribution in [1.82, 2.24) is 15.3 Å². The zero-order valence-corrected chi connectivity index (χ0v) is 15.2. The van der Waals surface area contributed by atoms with Gasteiger partial charge in [0, 0.05) is 37.1 Å². The Balaban J connectivity index is 1.66. The SMILES string of the molecule is CN(c1nc(-c2ccccc2C(F)(F)F)nc2ccccc12)C1[C@H]2CNC[C@@H]12. The van der Waals surface area contributed by atoms with Crippen molar-refractivity contribution in [2.24, 2.45) is 11.8 Å². The lowest BCUT2D eigenvalue weighted by Gasteiger charge is -2.23. The fraction of sp³-hybridized carbons (Fsp3) is 0.333. The molecule has 3 atom stereocenters. The van der Waals surface area contributed by atoms with Crippen LogP contribution in [-0.4, -0.2) is 36.1 Å². The van der Waals surface area contributed by atoms with Gasteiger partial charge in [0.1, 0.15) is 5.82 Å². The number of fused-ring (bicyclic) bond motifs is 2. The third-order valence-corrected chi connectivity index (χ3v) is 5.88. The van der Waals surface area contributed by atoms with E-state index in [-0.39, 0.29) is 11.4 Å². The summed E-state index contributed by atoms with van der Waals surface area (Å²) in [6.07, 6.45) is -4.46. The molecule has 4 nitrogen and oxygen atoms in total. The Hall–Kier alpha value is -2.67. The zero-order valence-electron chi connectivity index (χ0n) is 15.2. The molecule has 2 fully saturated rings. The summed E-state index contributed by atoms with van der Waals surface area (Å²) in [4.78, 5) is 11.2. The van der Waals surface area contributed by atoms with Crippen LogP contribution < -0.4 is 10.2 Å². The fourth-order valence-corrected chi connectivity index (χ4v) is 4.48. The van der Waals surface area contributed by atoms with E-state index in [4.69, 9.17) is 0 Å². The standard InChI is InChI=1S/C21H19F3N4/c1-28(18-14-10-25-11-15(14)18)20-13-7-3-5-9-17(13)26-19(27-20)12-6-2-4-8-16(12)21(22,23)24/h2-9,14-15,18,25H,10-11H2,1H3/t14-,15+,18?. The molecule has 0 radical (unpaired) electrons. The van der Waals surface area contributed by atoms with Crippen LogP contribution in [0.4, 0.5) is 19.0 Å². The van der Waals surface area contributed by atoms with Gasteiger partial charge in [0.15, 0.2) is 5.82 Å². The van der Waals surface area contributed by atoms with Gasteiger partial charge in [0.25, 0.3) is 0 Å². The molecule has 0 amide bonds. The van der Waals surface area contributed by atoms with E-state index in [0.29, 0.717) is 29.2 Å². The molecule has 7 heteroatoms. The lowest BCUT2D eigenvalue weighted by molar-refractivity contribution is -0.137. The van der Waals surface area contributed by atoms with Crippen LogP contribution >= 0.6 is 0 Å². The molecule has 3 aromatic rings. The third-order valence-electron chi connectivity index (χ3n) is 5.88. The number of anilines is 1. The Morgan fingerprint density at radius 1 is 0.964 bits per heavy atom. The van der Waals surface area contributed by atoms with Crippen molar-refractivity contribution < 1.29 is 13.2 Å². The van der Waals surface area contributed by atoms with Crippen LogP contribution in [0.5, 0.6) is 0 Å². The number of aromatic nitrogens is 2. The average Bonchev–Trinajstić information content (AvgIpc) is 3.17. The highest BCUT2D eigenvalue weighted by molar-refractivity contribution is 5.91. The van der Waals surface area contributed by atoms with Crippen LogP contribution in [0.3, 0.4) is 0 Å². The number of hydrogen-bond donors (Lipinski definition) is 1. The summed E-state index contributed by atoms with van der Waals surface area (Å²) in [5, 5.41) is 4.23. The number of rotatable bonds is 3. The number of alkyl halides is 3. The normalized spacial score (nSPS) is 23.6. The third kappa shape index (κ3) is 2.73. The molecule has 2 aliphatic rings. The number of halogens is 3. The summed E-state index contributed by atoms with van der Waals surface area (Å²) in [6.45, 7) is 1.96. The van der Waals surface area contributed by atoms with E-state index < -0.39 is 11.7 Å². The van der Waals surface area contributed by atoms with Crippen LogP contribution in [0.1, 0.15) is 5.56 Å². The summed E-state index contributed by atoms with van der Waals surface area (Å²) in [6, 6.07) is 13.4. The van der Waals surface area contributed by atoms with Crippen LogP contribution in [0, 0.1) is 11.8 Å². The first-order valence-electron chi connectivity index (χ1n) is 9.32. The van der Waals surface area contributed by atoms with Gasteiger partial charge in [-0.2, -0.15) is 13.2 Å². The van der Waals surface area contributed by atoms with Crippen molar-refractivity contribution in [3.8, 4) is 11.4 Å². The Bertz CT molecular complexity index is 1040. The predicted molar refractivity (Wildman–Crippen MR) is 102 cm³/mol. The van der Waals surface area contributed by atoms with Gasteiger partial charge >= 0.3 is 6.18 Å². The topological polar surface area (TPSA) is 41.1 Å². The van der Waals surface area contributed by atoms with Crippen molar-refractivity contribution >= 4 is 16.7 Å².